The molecule has 0 unspecified atom stereocenters. The molecule has 14 heteroatoms. The summed E-state index contributed by atoms with van der Waals surface area (Å²) >= 11 is 5.92. The molecule has 0 atom stereocenters. The fourth-order valence-electron chi connectivity index (χ4n) is 3.11. The van der Waals surface area contributed by atoms with Gasteiger partial charge in [0.25, 0.3) is 26.1 Å². The Morgan fingerprint density at radius 1 is 0.943 bits per heavy atom. The van der Waals surface area contributed by atoms with Crippen molar-refractivity contribution in [3.05, 3.63) is 70.6 Å². The summed E-state index contributed by atoms with van der Waals surface area (Å²) in [6, 6.07) is 10.6. The van der Waals surface area contributed by atoms with E-state index in [9.17, 15) is 35.8 Å². The minimum atomic E-state index is -4.74. The second kappa shape index (κ2) is 9.71. The number of aliphatic hydroxyl groups is 1. The summed E-state index contributed by atoms with van der Waals surface area (Å²) in [6.45, 7) is 2.70. The number of hydrogen-bond acceptors (Lipinski definition) is 8. The number of hydrogen-bond donors (Lipinski definition) is 4. The van der Waals surface area contributed by atoms with Crippen molar-refractivity contribution in [1.82, 2.24) is 0 Å². The third kappa shape index (κ3) is 5.83. The van der Waals surface area contributed by atoms with Gasteiger partial charge in [-0.25, -0.2) is 0 Å². The number of aliphatic hydroxyl groups excluding tert-OH is 1. The summed E-state index contributed by atoms with van der Waals surface area (Å²) in [5.74, 6) is -1.53. The maximum absolute atomic E-state index is 12.9. The number of aryl methyl sites for hydroxylation is 1. The largest absolute Gasteiger partial charge is 0.510 e. The van der Waals surface area contributed by atoms with E-state index in [0.29, 0.717) is 5.56 Å². The van der Waals surface area contributed by atoms with Crippen molar-refractivity contribution in [3.8, 4) is 0 Å². The fraction of sp³-hybridized carbons (Fsp3) is 0.0952. The Kier molecular flexibility index (Phi) is 7.29. The van der Waals surface area contributed by atoms with Crippen molar-refractivity contribution >= 4 is 59.9 Å². The van der Waals surface area contributed by atoms with E-state index in [0.717, 1.165) is 19.1 Å². The van der Waals surface area contributed by atoms with Gasteiger partial charge >= 0.3 is 0 Å². The lowest BCUT2D eigenvalue weighted by Crippen LogP contribution is -2.15. The quantitative estimate of drug-likeness (QED) is 0.149. The number of halogens is 1. The molecule has 11 nitrogen and oxygen atoms in total. The summed E-state index contributed by atoms with van der Waals surface area (Å²) in [5, 5.41) is 20.3. The Morgan fingerprint density at radius 2 is 1.54 bits per heavy atom. The lowest BCUT2D eigenvalue weighted by molar-refractivity contribution is -0.113. The van der Waals surface area contributed by atoms with Crippen LogP contribution in [0.3, 0.4) is 0 Å². The third-order valence-corrected chi connectivity index (χ3v) is 6.95. The molecule has 0 fully saturated rings. The molecular formula is C21H18ClN3O8S2. The number of azo groups is 1. The van der Waals surface area contributed by atoms with Crippen LogP contribution >= 0.6 is 11.6 Å². The van der Waals surface area contributed by atoms with E-state index in [1.165, 1.54) is 24.3 Å². The van der Waals surface area contributed by atoms with Gasteiger partial charge in [0, 0.05) is 21.5 Å². The minimum absolute atomic E-state index is 0.0450. The second-order valence-corrected chi connectivity index (χ2v) is 10.5. The number of rotatable bonds is 6. The van der Waals surface area contributed by atoms with Gasteiger partial charge in [-0.15, -0.1) is 10.2 Å². The number of carbonyl (C=O) groups is 1. The Hall–Kier alpha value is -3.36. The zero-order chi connectivity index (χ0) is 26.1. The monoisotopic (exact) mass is 539 g/mol. The van der Waals surface area contributed by atoms with Crippen LogP contribution in [0, 0.1) is 6.92 Å². The number of anilines is 1. The molecular weight excluding hydrogens is 522 g/mol. The van der Waals surface area contributed by atoms with Crippen molar-refractivity contribution in [2.75, 3.05) is 5.32 Å². The predicted octanol–water partition coefficient (Wildman–Crippen LogP) is 4.81. The third-order valence-electron chi connectivity index (χ3n) is 4.74. The number of nitrogens with zero attached hydrogens (tertiary/aromatic N) is 2. The Balaban J connectivity index is 2.03. The first-order valence-corrected chi connectivity index (χ1v) is 12.9. The molecule has 184 valence electrons. The van der Waals surface area contributed by atoms with Gasteiger partial charge in [-0.1, -0.05) is 35.9 Å². The highest BCUT2D eigenvalue weighted by atomic mass is 35.5. The number of fused-ring (bicyclic) bond motifs is 1. The molecule has 0 aliphatic carbocycles. The number of benzene rings is 3. The highest BCUT2D eigenvalue weighted by Gasteiger charge is 2.21. The first kappa shape index (κ1) is 26.2. The average molecular weight is 540 g/mol. The van der Waals surface area contributed by atoms with Gasteiger partial charge in [-0.3, -0.25) is 13.9 Å². The zero-order valence-electron chi connectivity index (χ0n) is 18.1. The molecule has 0 saturated heterocycles. The average Bonchev–Trinajstić information content (AvgIpc) is 2.74. The SMILES string of the molecule is C/C(O)=C(\N=Nc1cc(C)c(Cl)cc1S(=O)(=O)O)C(=O)Nc1ccc(S(=O)(=O)O)c2ccccc12. The smallest absolute Gasteiger partial charge is 0.296 e. The van der Waals surface area contributed by atoms with Crippen molar-refractivity contribution in [3.63, 3.8) is 0 Å². The van der Waals surface area contributed by atoms with E-state index >= 15 is 0 Å². The summed E-state index contributed by atoms with van der Waals surface area (Å²) in [7, 11) is -9.28. The summed E-state index contributed by atoms with van der Waals surface area (Å²) in [4.78, 5) is 11.8. The molecule has 4 N–H and O–H groups in total. The molecule has 0 aliphatic heterocycles. The lowest BCUT2D eigenvalue weighted by Gasteiger charge is -2.11. The maximum Gasteiger partial charge on any atom is 0.296 e. The molecule has 3 aromatic rings. The first-order chi connectivity index (χ1) is 16.2. The highest BCUT2D eigenvalue weighted by molar-refractivity contribution is 7.86. The van der Waals surface area contributed by atoms with Gasteiger partial charge in [0.2, 0.25) is 0 Å². The van der Waals surface area contributed by atoms with Crippen LogP contribution < -0.4 is 5.32 Å². The van der Waals surface area contributed by atoms with Gasteiger partial charge in [-0.05, 0) is 43.7 Å². The highest BCUT2D eigenvalue weighted by Crippen LogP contribution is 2.32. The lowest BCUT2D eigenvalue weighted by atomic mass is 10.1. The van der Waals surface area contributed by atoms with E-state index in [4.69, 9.17) is 11.6 Å². The molecule has 3 rings (SSSR count). The molecule has 35 heavy (non-hydrogen) atoms. The van der Waals surface area contributed by atoms with Crippen molar-refractivity contribution in [2.45, 2.75) is 23.6 Å². The van der Waals surface area contributed by atoms with Crippen LogP contribution in [-0.4, -0.2) is 37.0 Å². The van der Waals surface area contributed by atoms with E-state index in [1.807, 2.05) is 0 Å². The summed E-state index contributed by atoms with van der Waals surface area (Å²) in [6.07, 6.45) is 0. The first-order valence-electron chi connectivity index (χ1n) is 9.60. The number of amides is 1. The zero-order valence-corrected chi connectivity index (χ0v) is 20.5. The van der Waals surface area contributed by atoms with Crippen LogP contribution in [0.2, 0.25) is 5.02 Å². The Bertz CT molecular complexity index is 1630. The molecule has 0 aliphatic rings. The molecule has 0 aromatic heterocycles. The van der Waals surface area contributed by atoms with Crippen LogP contribution in [0.5, 0.6) is 0 Å². The van der Waals surface area contributed by atoms with Crippen molar-refractivity contribution < 1.29 is 35.8 Å². The van der Waals surface area contributed by atoms with Crippen molar-refractivity contribution in [2.24, 2.45) is 10.2 Å². The van der Waals surface area contributed by atoms with Crippen LogP contribution in [0.25, 0.3) is 10.8 Å². The van der Waals surface area contributed by atoms with Gasteiger partial charge < -0.3 is 10.4 Å². The number of carbonyl (C=O) groups excluding carboxylic acids is 1. The molecule has 0 saturated carbocycles. The standard InChI is InChI=1S/C21H18ClN3O8S2/c1-11-9-17(19(10-15(11)22)35(31,32)33)24-25-20(12(2)26)21(27)23-16-7-8-18(34(28,29)30)14-6-4-3-5-13(14)16/h3-10,26H,1-2H3,(H,23,27)(H,28,29,30)(H,31,32,33)/b20-12+,25-24?. The molecule has 0 radical (unpaired) electrons. The Labute approximate surface area is 205 Å². The predicted molar refractivity (Wildman–Crippen MR) is 128 cm³/mol. The van der Waals surface area contributed by atoms with Gasteiger partial charge in [0.15, 0.2) is 5.70 Å². The van der Waals surface area contributed by atoms with Gasteiger partial charge in [-0.2, -0.15) is 16.8 Å². The van der Waals surface area contributed by atoms with Crippen LogP contribution in [0.4, 0.5) is 11.4 Å². The van der Waals surface area contributed by atoms with Crippen LogP contribution in [0.1, 0.15) is 12.5 Å². The minimum Gasteiger partial charge on any atom is -0.510 e. The topological polar surface area (TPSA) is 183 Å². The molecule has 1 amide bonds. The number of allylic oxidation sites excluding steroid dienone is 1. The Morgan fingerprint density at radius 3 is 2.11 bits per heavy atom. The summed E-state index contributed by atoms with van der Waals surface area (Å²) in [5.41, 5.74) is -0.382. The molecule has 0 spiro atoms. The van der Waals surface area contributed by atoms with E-state index in [1.54, 1.807) is 19.1 Å². The normalized spacial score (nSPS) is 13.2. The van der Waals surface area contributed by atoms with Crippen LogP contribution in [0.15, 0.2) is 80.0 Å². The fourth-order valence-corrected chi connectivity index (χ4v) is 4.66. The van der Waals surface area contributed by atoms with E-state index in [-0.39, 0.29) is 32.1 Å². The van der Waals surface area contributed by atoms with Crippen molar-refractivity contribution in [1.29, 1.82) is 0 Å². The van der Waals surface area contributed by atoms with E-state index in [2.05, 4.69) is 15.5 Å². The molecule has 3 aromatic carbocycles. The summed E-state index contributed by atoms with van der Waals surface area (Å²) < 4.78 is 65.6. The second-order valence-electron chi connectivity index (χ2n) is 7.26. The van der Waals surface area contributed by atoms with Crippen LogP contribution in [-0.2, 0) is 25.0 Å². The molecule has 0 heterocycles. The maximum atomic E-state index is 12.9. The number of nitrogens with one attached hydrogen (secondary N) is 1. The van der Waals surface area contributed by atoms with Gasteiger partial charge in [0.1, 0.15) is 21.2 Å². The molecule has 0 bridgehead atoms. The van der Waals surface area contributed by atoms with Gasteiger partial charge in [0.05, 0.1) is 0 Å². The van der Waals surface area contributed by atoms with E-state index < -0.39 is 42.5 Å².